The van der Waals surface area contributed by atoms with E-state index in [1.807, 2.05) is 18.5 Å². The highest BCUT2D eigenvalue weighted by molar-refractivity contribution is 9.10. The molecule has 0 fully saturated rings. The van der Waals surface area contributed by atoms with Crippen molar-refractivity contribution in [3.8, 4) is 0 Å². The number of carbonyl (C=O) groups excluding carboxylic acids is 1. The molecule has 0 spiro atoms. The molecule has 21 heavy (non-hydrogen) atoms. The highest BCUT2D eigenvalue weighted by atomic mass is 79.9. The Morgan fingerprint density at radius 2 is 2.10 bits per heavy atom. The van der Waals surface area contributed by atoms with E-state index in [0.717, 1.165) is 28.8 Å². The van der Waals surface area contributed by atoms with Crippen LogP contribution in [0.4, 0.5) is 0 Å². The Hall–Kier alpha value is -1.33. The molecule has 1 aromatic heterocycles. The van der Waals surface area contributed by atoms with E-state index in [1.54, 1.807) is 24.3 Å². The standard InChI is InChI=1S/C15H17BrClN3O/c1-10-14(16)11(2)20(19-10)9-5-8-18-15(21)12-6-3-4-7-13(12)17/h3-4,6-7H,5,8-9H2,1-2H3,(H,18,21). The second kappa shape index (κ2) is 7.09. The third-order valence-corrected chi connectivity index (χ3v) is 4.72. The zero-order chi connectivity index (χ0) is 15.4. The molecule has 0 aliphatic carbocycles. The lowest BCUT2D eigenvalue weighted by atomic mass is 10.2. The van der Waals surface area contributed by atoms with Crippen LogP contribution in [0.25, 0.3) is 0 Å². The monoisotopic (exact) mass is 369 g/mol. The summed E-state index contributed by atoms with van der Waals surface area (Å²) >= 11 is 9.49. The number of amides is 1. The van der Waals surface area contributed by atoms with E-state index in [-0.39, 0.29) is 5.91 Å². The zero-order valence-corrected chi connectivity index (χ0v) is 14.3. The zero-order valence-electron chi connectivity index (χ0n) is 12.0. The molecule has 112 valence electrons. The van der Waals surface area contributed by atoms with Crippen molar-refractivity contribution < 1.29 is 4.79 Å². The van der Waals surface area contributed by atoms with Crippen LogP contribution in [0.2, 0.25) is 5.02 Å². The minimum atomic E-state index is -0.143. The number of hydrogen-bond acceptors (Lipinski definition) is 2. The summed E-state index contributed by atoms with van der Waals surface area (Å²) in [6.07, 6.45) is 0.810. The Bertz CT molecular complexity index is 654. The van der Waals surface area contributed by atoms with Crippen LogP contribution in [-0.4, -0.2) is 22.2 Å². The second-order valence-electron chi connectivity index (χ2n) is 4.80. The fraction of sp³-hybridized carbons (Fsp3) is 0.333. The summed E-state index contributed by atoms with van der Waals surface area (Å²) in [5, 5.41) is 7.78. The van der Waals surface area contributed by atoms with Gasteiger partial charge in [-0.05, 0) is 48.3 Å². The van der Waals surface area contributed by atoms with Crippen molar-refractivity contribution in [3.05, 3.63) is 50.7 Å². The Balaban J connectivity index is 1.84. The van der Waals surface area contributed by atoms with Gasteiger partial charge in [0.25, 0.3) is 5.91 Å². The summed E-state index contributed by atoms with van der Waals surface area (Å²) < 4.78 is 2.99. The van der Waals surface area contributed by atoms with Gasteiger partial charge in [0.15, 0.2) is 0 Å². The van der Waals surface area contributed by atoms with Gasteiger partial charge in [-0.15, -0.1) is 0 Å². The maximum atomic E-state index is 12.0. The number of aryl methyl sites for hydroxylation is 2. The van der Waals surface area contributed by atoms with Crippen LogP contribution < -0.4 is 5.32 Å². The number of aromatic nitrogens is 2. The average molecular weight is 371 g/mol. The number of carbonyl (C=O) groups is 1. The summed E-state index contributed by atoms with van der Waals surface area (Å²) in [5.41, 5.74) is 2.59. The molecule has 0 aliphatic heterocycles. The molecule has 1 aromatic carbocycles. The van der Waals surface area contributed by atoms with Gasteiger partial charge in [-0.3, -0.25) is 9.48 Å². The van der Waals surface area contributed by atoms with Crippen LogP contribution in [0.5, 0.6) is 0 Å². The highest BCUT2D eigenvalue weighted by Crippen LogP contribution is 2.19. The normalized spacial score (nSPS) is 10.7. The van der Waals surface area contributed by atoms with Crippen LogP contribution in [0.1, 0.15) is 28.2 Å². The quantitative estimate of drug-likeness (QED) is 0.815. The lowest BCUT2D eigenvalue weighted by molar-refractivity contribution is 0.0952. The number of halogens is 2. The summed E-state index contributed by atoms with van der Waals surface area (Å²) in [4.78, 5) is 12.0. The van der Waals surface area contributed by atoms with Crippen molar-refractivity contribution in [1.82, 2.24) is 15.1 Å². The molecule has 0 saturated carbocycles. The van der Waals surface area contributed by atoms with E-state index >= 15 is 0 Å². The molecule has 0 radical (unpaired) electrons. The number of benzene rings is 1. The first-order valence-electron chi connectivity index (χ1n) is 6.73. The van der Waals surface area contributed by atoms with Gasteiger partial charge >= 0.3 is 0 Å². The number of nitrogens with one attached hydrogen (secondary N) is 1. The van der Waals surface area contributed by atoms with E-state index in [4.69, 9.17) is 11.6 Å². The minimum Gasteiger partial charge on any atom is -0.352 e. The predicted molar refractivity (Wildman–Crippen MR) is 87.8 cm³/mol. The van der Waals surface area contributed by atoms with Crippen molar-refractivity contribution in [2.45, 2.75) is 26.8 Å². The molecule has 0 aliphatic rings. The van der Waals surface area contributed by atoms with Crippen LogP contribution in [0.3, 0.4) is 0 Å². The van der Waals surface area contributed by atoms with Crippen molar-refractivity contribution in [1.29, 1.82) is 0 Å². The summed E-state index contributed by atoms with van der Waals surface area (Å²) in [7, 11) is 0. The first kappa shape index (κ1) is 16.0. The average Bonchev–Trinajstić information content (AvgIpc) is 2.71. The van der Waals surface area contributed by atoms with Crippen molar-refractivity contribution >= 4 is 33.4 Å². The van der Waals surface area contributed by atoms with Gasteiger partial charge in [0.1, 0.15) is 0 Å². The molecule has 1 amide bonds. The fourth-order valence-corrected chi connectivity index (χ4v) is 2.57. The van der Waals surface area contributed by atoms with Crippen LogP contribution >= 0.6 is 27.5 Å². The summed E-state index contributed by atoms with van der Waals surface area (Å²) in [5.74, 6) is -0.143. The third kappa shape index (κ3) is 3.86. The Kier molecular flexibility index (Phi) is 5.42. The Morgan fingerprint density at radius 3 is 2.71 bits per heavy atom. The van der Waals surface area contributed by atoms with Crippen LogP contribution in [0.15, 0.2) is 28.7 Å². The van der Waals surface area contributed by atoms with Crippen molar-refractivity contribution in [3.63, 3.8) is 0 Å². The van der Waals surface area contributed by atoms with Gasteiger partial charge < -0.3 is 5.32 Å². The van der Waals surface area contributed by atoms with Gasteiger partial charge in [-0.25, -0.2) is 0 Å². The maximum absolute atomic E-state index is 12.0. The number of nitrogens with zero attached hydrogens (tertiary/aromatic N) is 2. The molecular weight excluding hydrogens is 354 g/mol. The number of hydrogen-bond donors (Lipinski definition) is 1. The van der Waals surface area contributed by atoms with Gasteiger partial charge in [-0.2, -0.15) is 5.10 Å². The molecule has 2 rings (SSSR count). The van der Waals surface area contributed by atoms with E-state index in [0.29, 0.717) is 17.1 Å². The molecule has 1 heterocycles. The van der Waals surface area contributed by atoms with E-state index in [2.05, 4.69) is 26.3 Å². The third-order valence-electron chi connectivity index (χ3n) is 3.24. The van der Waals surface area contributed by atoms with Gasteiger partial charge in [0.2, 0.25) is 0 Å². The van der Waals surface area contributed by atoms with Gasteiger partial charge in [0.05, 0.1) is 20.8 Å². The highest BCUT2D eigenvalue weighted by Gasteiger charge is 2.10. The lowest BCUT2D eigenvalue weighted by Crippen LogP contribution is -2.25. The molecule has 0 atom stereocenters. The SMILES string of the molecule is Cc1nn(CCCNC(=O)c2ccccc2Cl)c(C)c1Br. The number of rotatable bonds is 5. The van der Waals surface area contributed by atoms with Crippen LogP contribution in [0, 0.1) is 13.8 Å². The Labute approximate surface area is 137 Å². The first-order chi connectivity index (χ1) is 10.0. The molecule has 0 saturated heterocycles. The molecule has 2 aromatic rings. The smallest absolute Gasteiger partial charge is 0.252 e. The second-order valence-corrected chi connectivity index (χ2v) is 6.00. The minimum absolute atomic E-state index is 0.143. The lowest BCUT2D eigenvalue weighted by Gasteiger charge is -2.07. The first-order valence-corrected chi connectivity index (χ1v) is 7.90. The molecule has 0 unspecified atom stereocenters. The van der Waals surface area contributed by atoms with E-state index in [1.165, 1.54) is 0 Å². The molecule has 0 bridgehead atoms. The topological polar surface area (TPSA) is 46.9 Å². The fourth-order valence-electron chi connectivity index (χ4n) is 2.06. The summed E-state index contributed by atoms with van der Waals surface area (Å²) in [6.45, 7) is 5.33. The molecule has 6 heteroatoms. The van der Waals surface area contributed by atoms with Crippen molar-refractivity contribution in [2.24, 2.45) is 0 Å². The molecule has 1 N–H and O–H groups in total. The largest absolute Gasteiger partial charge is 0.352 e. The predicted octanol–water partition coefficient (Wildman–Crippen LogP) is 3.74. The maximum Gasteiger partial charge on any atom is 0.252 e. The van der Waals surface area contributed by atoms with Gasteiger partial charge in [0, 0.05) is 18.8 Å². The van der Waals surface area contributed by atoms with Gasteiger partial charge in [-0.1, -0.05) is 23.7 Å². The Morgan fingerprint density at radius 1 is 1.38 bits per heavy atom. The van der Waals surface area contributed by atoms with E-state index < -0.39 is 0 Å². The molecular formula is C15H17BrClN3O. The van der Waals surface area contributed by atoms with Crippen LogP contribution in [-0.2, 0) is 6.54 Å². The van der Waals surface area contributed by atoms with Crippen molar-refractivity contribution in [2.75, 3.05) is 6.54 Å². The van der Waals surface area contributed by atoms with E-state index in [9.17, 15) is 4.79 Å². The molecule has 4 nitrogen and oxygen atoms in total. The summed E-state index contributed by atoms with van der Waals surface area (Å²) in [6, 6.07) is 7.04.